The molecule has 218 valence electrons. The van der Waals surface area contributed by atoms with E-state index in [0.717, 1.165) is 57.8 Å². The molecule has 0 bridgehead atoms. The van der Waals surface area contributed by atoms with Crippen molar-refractivity contribution in [3.05, 3.63) is 125 Å². The average Bonchev–Trinajstić information content (AvgIpc) is 3.70. The van der Waals surface area contributed by atoms with Crippen LogP contribution in [-0.4, -0.2) is 38.3 Å². The number of hydrogen-bond donors (Lipinski definition) is 4. The van der Waals surface area contributed by atoms with Crippen molar-refractivity contribution >= 4 is 28.7 Å². The Morgan fingerprint density at radius 3 is 2.56 bits per heavy atom. The maximum Gasteiger partial charge on any atom is 0.231 e. The van der Waals surface area contributed by atoms with Crippen LogP contribution in [-0.2, 0) is 12.8 Å². The van der Waals surface area contributed by atoms with Gasteiger partial charge >= 0.3 is 0 Å². The molecule has 0 aliphatic heterocycles. The van der Waals surface area contributed by atoms with Crippen LogP contribution in [0.4, 0.5) is 14.5 Å². The summed E-state index contributed by atoms with van der Waals surface area (Å²) in [7, 11) is 0. The molecule has 0 fully saturated rings. The number of nitrogens with zero attached hydrogens (tertiary/aromatic N) is 3. The fourth-order valence-electron chi connectivity index (χ4n) is 4.53. The predicted octanol–water partition coefficient (Wildman–Crippen LogP) is 6.47. The lowest BCUT2D eigenvalue weighted by molar-refractivity contribution is 0.175. The number of fused-ring (bicyclic) bond motifs is 1. The smallest absolute Gasteiger partial charge is 0.231 e. The van der Waals surface area contributed by atoms with E-state index in [9.17, 15) is 13.9 Å². The molecule has 0 saturated carbocycles. The average molecular weight is 599 g/mol. The van der Waals surface area contributed by atoms with Crippen LogP contribution in [0.2, 0.25) is 0 Å². The Labute approximate surface area is 250 Å². The van der Waals surface area contributed by atoms with Gasteiger partial charge in [0.05, 0.1) is 12.5 Å². The third-order valence-corrected chi connectivity index (χ3v) is 7.74. The predicted molar refractivity (Wildman–Crippen MR) is 162 cm³/mol. The number of aromatic amines is 1. The number of halogens is 2. The third kappa shape index (κ3) is 7.26. The number of pyridine rings is 1. The third-order valence-electron chi connectivity index (χ3n) is 6.89. The lowest BCUT2D eigenvalue weighted by Gasteiger charge is -2.12. The second-order valence-electron chi connectivity index (χ2n) is 10.0. The fourth-order valence-corrected chi connectivity index (χ4v) is 5.17. The zero-order chi connectivity index (χ0) is 29.6. The molecule has 6 aromatic rings. The van der Waals surface area contributed by atoms with Gasteiger partial charge < -0.3 is 24.7 Å². The quantitative estimate of drug-likeness (QED) is 0.0938. The molecule has 4 N–H and O–H groups in total. The first kappa shape index (κ1) is 28.5. The van der Waals surface area contributed by atoms with Crippen molar-refractivity contribution < 1.29 is 18.4 Å². The Balaban J connectivity index is 0.937. The van der Waals surface area contributed by atoms with Crippen LogP contribution in [0.5, 0.6) is 0 Å². The molecule has 0 spiro atoms. The summed E-state index contributed by atoms with van der Waals surface area (Å²) >= 11 is 1.49. The molecule has 8 nitrogen and oxygen atoms in total. The van der Waals surface area contributed by atoms with Gasteiger partial charge in [-0.25, -0.2) is 13.8 Å². The molecule has 1 atom stereocenters. The lowest BCUT2D eigenvalue weighted by atomic mass is 10.1. The number of H-pyrrole nitrogens is 1. The van der Waals surface area contributed by atoms with Crippen molar-refractivity contribution in [3.63, 3.8) is 0 Å². The Morgan fingerprint density at radius 1 is 0.930 bits per heavy atom. The largest absolute Gasteiger partial charge is 0.387 e. The van der Waals surface area contributed by atoms with Gasteiger partial charge in [0, 0.05) is 46.0 Å². The van der Waals surface area contributed by atoms with E-state index in [4.69, 9.17) is 4.52 Å². The van der Waals surface area contributed by atoms with E-state index >= 15 is 0 Å². The Bertz CT molecular complexity index is 1810. The van der Waals surface area contributed by atoms with Crippen molar-refractivity contribution in [2.45, 2.75) is 23.8 Å². The Kier molecular flexibility index (Phi) is 8.73. The minimum Gasteiger partial charge on any atom is -0.387 e. The van der Waals surface area contributed by atoms with E-state index in [0.29, 0.717) is 23.8 Å². The highest BCUT2D eigenvalue weighted by molar-refractivity contribution is 8.00. The van der Waals surface area contributed by atoms with E-state index in [-0.39, 0.29) is 6.42 Å². The first-order valence-corrected chi connectivity index (χ1v) is 14.5. The molecule has 0 saturated heterocycles. The molecule has 1 unspecified atom stereocenters. The summed E-state index contributed by atoms with van der Waals surface area (Å²) in [6.45, 7) is 1.20. The van der Waals surface area contributed by atoms with Crippen molar-refractivity contribution in [2.24, 2.45) is 0 Å². The molecule has 0 aliphatic rings. The number of benzene rings is 3. The number of rotatable bonds is 12. The molecule has 0 radical (unpaired) electrons. The summed E-state index contributed by atoms with van der Waals surface area (Å²) in [5.74, 6) is -1.05. The molecule has 0 amide bonds. The molecule has 6 rings (SSSR count). The van der Waals surface area contributed by atoms with Crippen LogP contribution >= 0.6 is 11.9 Å². The summed E-state index contributed by atoms with van der Waals surface area (Å²) in [4.78, 5) is 12.8. The fraction of sp³-hybridized carbons (Fsp3) is 0.156. The van der Waals surface area contributed by atoms with Crippen LogP contribution in [0.3, 0.4) is 0 Å². The number of aliphatic hydroxyl groups excluding tert-OH is 1. The van der Waals surface area contributed by atoms with E-state index < -0.39 is 17.7 Å². The van der Waals surface area contributed by atoms with Crippen LogP contribution in [0.1, 0.15) is 28.7 Å². The van der Waals surface area contributed by atoms with Crippen molar-refractivity contribution in [1.29, 1.82) is 0 Å². The maximum absolute atomic E-state index is 13.5. The Hall–Kier alpha value is -4.58. The van der Waals surface area contributed by atoms with Gasteiger partial charge in [0.2, 0.25) is 11.7 Å². The first-order chi connectivity index (χ1) is 21.0. The van der Waals surface area contributed by atoms with Crippen molar-refractivity contribution in [2.75, 3.05) is 17.8 Å². The molecule has 43 heavy (non-hydrogen) atoms. The molecule has 11 heteroatoms. The summed E-state index contributed by atoms with van der Waals surface area (Å²) in [6.07, 6.45) is 3.98. The molecule has 3 aromatic heterocycles. The zero-order valence-electron chi connectivity index (χ0n) is 22.9. The SMILES string of the molecule is OC(CNCCc1ccc(NSc2ccc(-c3noc(Cc4ccc(F)c(F)c4)n3)cc2)cc1)c1cnc2[nH]ccc2c1. The molecule has 3 heterocycles. The number of aromatic nitrogens is 4. The van der Waals surface area contributed by atoms with Gasteiger partial charge in [0.25, 0.3) is 0 Å². The van der Waals surface area contributed by atoms with E-state index in [2.05, 4.69) is 42.3 Å². The van der Waals surface area contributed by atoms with Gasteiger partial charge in [-0.15, -0.1) is 0 Å². The van der Waals surface area contributed by atoms with Gasteiger partial charge in [-0.1, -0.05) is 23.4 Å². The van der Waals surface area contributed by atoms with Gasteiger partial charge in [-0.3, -0.25) is 0 Å². The zero-order valence-corrected chi connectivity index (χ0v) is 23.7. The molecule has 0 aliphatic carbocycles. The number of hydrogen-bond acceptors (Lipinski definition) is 8. The highest BCUT2D eigenvalue weighted by atomic mass is 32.2. The van der Waals surface area contributed by atoms with E-state index in [1.54, 1.807) is 6.20 Å². The second kappa shape index (κ2) is 13.2. The number of anilines is 1. The monoisotopic (exact) mass is 598 g/mol. The van der Waals surface area contributed by atoms with Crippen LogP contribution in [0, 0.1) is 11.6 Å². The van der Waals surface area contributed by atoms with Gasteiger partial charge in [-0.05, 0) is 96.7 Å². The van der Waals surface area contributed by atoms with E-state index in [1.165, 1.54) is 23.6 Å². The lowest BCUT2D eigenvalue weighted by Crippen LogP contribution is -2.23. The highest BCUT2D eigenvalue weighted by Crippen LogP contribution is 2.25. The van der Waals surface area contributed by atoms with Gasteiger partial charge in [0.1, 0.15) is 5.65 Å². The van der Waals surface area contributed by atoms with Gasteiger partial charge in [0.15, 0.2) is 11.6 Å². The van der Waals surface area contributed by atoms with Gasteiger partial charge in [-0.2, -0.15) is 4.98 Å². The Morgan fingerprint density at radius 2 is 1.74 bits per heavy atom. The molecule has 3 aromatic carbocycles. The molecular formula is C32H28F2N6O2S. The van der Waals surface area contributed by atoms with Crippen LogP contribution < -0.4 is 10.0 Å². The minimum atomic E-state index is -0.907. The standard InChI is InChI=1S/C32H28F2N6O2S/c33-27-10-3-21(15-28(27)34)16-30-38-32(39-42-30)22-4-8-26(9-5-22)43-40-25-6-1-20(2-7-25)11-13-35-19-29(41)24-17-23-12-14-36-31(23)37-18-24/h1-10,12,14-15,17-18,29,35,40-41H,11,13,16,19H2,(H,36,37). The second-order valence-corrected chi connectivity index (χ2v) is 10.9. The first-order valence-electron chi connectivity index (χ1n) is 13.7. The summed E-state index contributed by atoms with van der Waals surface area (Å²) in [5, 5.41) is 18.8. The van der Waals surface area contributed by atoms with Crippen LogP contribution in [0.15, 0.2) is 101 Å². The van der Waals surface area contributed by atoms with Crippen LogP contribution in [0.25, 0.3) is 22.4 Å². The van der Waals surface area contributed by atoms with Crippen molar-refractivity contribution in [3.8, 4) is 11.4 Å². The molecular weight excluding hydrogens is 570 g/mol. The number of aliphatic hydroxyl groups is 1. The normalized spacial score (nSPS) is 12.1. The summed E-state index contributed by atoms with van der Waals surface area (Å²) in [5.41, 5.74) is 5.12. The summed E-state index contributed by atoms with van der Waals surface area (Å²) < 4.78 is 35.3. The topological polar surface area (TPSA) is 112 Å². The number of nitrogens with one attached hydrogen (secondary N) is 3. The minimum absolute atomic E-state index is 0.213. The maximum atomic E-state index is 13.5. The van der Waals surface area contributed by atoms with Crippen molar-refractivity contribution in [1.82, 2.24) is 25.4 Å². The summed E-state index contributed by atoms with van der Waals surface area (Å²) in [6, 6.07) is 23.6. The van der Waals surface area contributed by atoms with E-state index in [1.807, 2.05) is 54.7 Å². The highest BCUT2D eigenvalue weighted by Gasteiger charge is 2.12.